The van der Waals surface area contributed by atoms with Gasteiger partial charge in [0.05, 0.1) is 0 Å². The van der Waals surface area contributed by atoms with Gasteiger partial charge < -0.3 is 4.74 Å². The van der Waals surface area contributed by atoms with Crippen molar-refractivity contribution in [1.29, 1.82) is 0 Å². The largest absolute Gasteiger partial charge is 0.474 e. The average Bonchev–Trinajstić information content (AvgIpc) is 2.38. The van der Waals surface area contributed by atoms with Gasteiger partial charge in [0.1, 0.15) is 16.5 Å². The van der Waals surface area contributed by atoms with E-state index in [-0.39, 0.29) is 0 Å². The first-order valence-electron chi connectivity index (χ1n) is 6.93. The lowest BCUT2D eigenvalue weighted by Gasteiger charge is -2.30. The first-order chi connectivity index (χ1) is 8.72. The molecule has 0 bridgehead atoms. The number of aryl methyl sites for hydroxylation is 1. The molecule has 1 aliphatic carbocycles. The summed E-state index contributed by atoms with van der Waals surface area (Å²) in [5.41, 5.74) is 0. The van der Waals surface area contributed by atoms with Crippen molar-refractivity contribution < 1.29 is 4.74 Å². The summed E-state index contributed by atoms with van der Waals surface area (Å²) in [5, 5.41) is 0. The number of halogens is 1. The Bertz CT molecular complexity index is 397. The van der Waals surface area contributed by atoms with Crippen molar-refractivity contribution in [3.05, 3.63) is 16.5 Å². The normalized spacial score (nSPS) is 23.9. The summed E-state index contributed by atoms with van der Waals surface area (Å²) < 4.78 is 6.91. The Morgan fingerprint density at radius 1 is 1.28 bits per heavy atom. The summed E-state index contributed by atoms with van der Waals surface area (Å²) in [6.45, 7) is 4.31. The SMILES string of the molecule is CCc1nc(Br)cc(OC2CCCCC2CC)n1. The Morgan fingerprint density at radius 2 is 2.06 bits per heavy atom. The van der Waals surface area contributed by atoms with Gasteiger partial charge >= 0.3 is 0 Å². The lowest BCUT2D eigenvalue weighted by Crippen LogP contribution is -2.30. The van der Waals surface area contributed by atoms with E-state index in [0.29, 0.717) is 12.0 Å². The van der Waals surface area contributed by atoms with Crippen molar-refractivity contribution in [3.8, 4) is 5.88 Å². The van der Waals surface area contributed by atoms with Crippen LogP contribution in [0.5, 0.6) is 5.88 Å². The highest BCUT2D eigenvalue weighted by atomic mass is 79.9. The predicted molar refractivity (Wildman–Crippen MR) is 75.8 cm³/mol. The van der Waals surface area contributed by atoms with Crippen LogP contribution in [0.15, 0.2) is 10.7 Å². The maximum Gasteiger partial charge on any atom is 0.218 e. The van der Waals surface area contributed by atoms with E-state index in [1.165, 1.54) is 25.7 Å². The van der Waals surface area contributed by atoms with E-state index in [1.54, 1.807) is 0 Å². The zero-order chi connectivity index (χ0) is 13.0. The second-order valence-electron chi connectivity index (χ2n) is 4.91. The fraction of sp³-hybridized carbons (Fsp3) is 0.714. The van der Waals surface area contributed by atoms with E-state index in [4.69, 9.17) is 4.74 Å². The molecule has 2 unspecified atom stereocenters. The first kappa shape index (κ1) is 13.8. The number of aromatic nitrogens is 2. The average molecular weight is 313 g/mol. The minimum Gasteiger partial charge on any atom is -0.474 e. The monoisotopic (exact) mass is 312 g/mol. The van der Waals surface area contributed by atoms with Gasteiger partial charge in [0, 0.05) is 12.5 Å². The maximum atomic E-state index is 6.10. The van der Waals surface area contributed by atoms with Gasteiger partial charge in [-0.2, -0.15) is 4.98 Å². The number of ether oxygens (including phenoxy) is 1. The molecule has 3 nitrogen and oxygen atoms in total. The zero-order valence-corrected chi connectivity index (χ0v) is 12.7. The van der Waals surface area contributed by atoms with Crippen molar-refractivity contribution in [3.63, 3.8) is 0 Å². The predicted octanol–water partition coefficient (Wildman–Crippen LogP) is 4.15. The molecule has 1 aromatic rings. The van der Waals surface area contributed by atoms with Gasteiger partial charge in [-0.25, -0.2) is 4.98 Å². The van der Waals surface area contributed by atoms with Crippen LogP contribution < -0.4 is 4.74 Å². The quantitative estimate of drug-likeness (QED) is 0.783. The second kappa shape index (κ2) is 6.50. The molecule has 1 aromatic heterocycles. The van der Waals surface area contributed by atoms with Crippen LogP contribution in [0.3, 0.4) is 0 Å². The summed E-state index contributed by atoms with van der Waals surface area (Å²) >= 11 is 3.42. The Balaban J connectivity index is 2.09. The molecule has 0 saturated heterocycles. The summed E-state index contributed by atoms with van der Waals surface area (Å²) in [6, 6.07) is 1.88. The standard InChI is InChI=1S/C14H21BrN2O/c1-3-10-7-5-6-8-11(10)18-14-9-12(15)16-13(4-2)17-14/h9-11H,3-8H2,1-2H3. The van der Waals surface area contributed by atoms with Crippen LogP contribution >= 0.6 is 15.9 Å². The Hall–Kier alpha value is -0.640. The fourth-order valence-electron chi connectivity index (χ4n) is 2.61. The molecule has 4 heteroatoms. The minimum absolute atomic E-state index is 0.329. The second-order valence-corrected chi connectivity index (χ2v) is 5.72. The number of hydrogen-bond donors (Lipinski definition) is 0. The smallest absolute Gasteiger partial charge is 0.218 e. The molecule has 18 heavy (non-hydrogen) atoms. The molecule has 100 valence electrons. The van der Waals surface area contributed by atoms with E-state index in [9.17, 15) is 0 Å². The number of rotatable bonds is 4. The molecule has 1 fully saturated rings. The third-order valence-corrected chi connectivity index (χ3v) is 4.08. The van der Waals surface area contributed by atoms with Gasteiger partial charge in [-0.05, 0) is 47.5 Å². The highest BCUT2D eigenvalue weighted by Gasteiger charge is 2.25. The molecule has 2 rings (SSSR count). The van der Waals surface area contributed by atoms with Crippen LogP contribution in [0.1, 0.15) is 51.8 Å². The van der Waals surface area contributed by atoms with Crippen LogP contribution in [0.25, 0.3) is 0 Å². The first-order valence-corrected chi connectivity index (χ1v) is 7.72. The van der Waals surface area contributed by atoms with Crippen molar-refractivity contribution in [2.45, 2.75) is 58.5 Å². The summed E-state index contributed by atoms with van der Waals surface area (Å²) in [4.78, 5) is 8.76. The fourth-order valence-corrected chi connectivity index (χ4v) is 3.01. The van der Waals surface area contributed by atoms with Gasteiger partial charge in [-0.1, -0.05) is 20.3 Å². The molecular formula is C14H21BrN2O. The number of hydrogen-bond acceptors (Lipinski definition) is 3. The molecule has 1 aliphatic rings. The summed E-state index contributed by atoms with van der Waals surface area (Å²) in [5.74, 6) is 2.24. The van der Waals surface area contributed by atoms with Crippen LogP contribution in [0.4, 0.5) is 0 Å². The molecule has 0 radical (unpaired) electrons. The molecule has 0 aromatic carbocycles. The molecule has 0 spiro atoms. The Morgan fingerprint density at radius 3 is 2.78 bits per heavy atom. The third kappa shape index (κ3) is 3.44. The molecule has 1 saturated carbocycles. The summed E-state index contributed by atoms with van der Waals surface area (Å²) in [6.07, 6.45) is 7.40. The highest BCUT2D eigenvalue weighted by Crippen LogP contribution is 2.30. The van der Waals surface area contributed by atoms with Crippen LogP contribution in [-0.4, -0.2) is 16.1 Å². The molecule has 1 heterocycles. The third-order valence-electron chi connectivity index (χ3n) is 3.67. The molecule has 0 aliphatic heterocycles. The lowest BCUT2D eigenvalue weighted by atomic mass is 9.85. The van der Waals surface area contributed by atoms with Gasteiger partial charge in [0.15, 0.2) is 0 Å². The van der Waals surface area contributed by atoms with E-state index in [0.717, 1.165) is 29.1 Å². The maximum absolute atomic E-state index is 6.10. The number of nitrogens with zero attached hydrogens (tertiary/aromatic N) is 2. The highest BCUT2D eigenvalue weighted by molar-refractivity contribution is 9.10. The molecule has 2 atom stereocenters. The topological polar surface area (TPSA) is 35.0 Å². The van der Waals surface area contributed by atoms with E-state index >= 15 is 0 Å². The van der Waals surface area contributed by atoms with Gasteiger partial charge in [-0.3, -0.25) is 0 Å². The van der Waals surface area contributed by atoms with Crippen molar-refractivity contribution in [1.82, 2.24) is 9.97 Å². The Labute approximate surface area is 117 Å². The zero-order valence-electron chi connectivity index (χ0n) is 11.2. The lowest BCUT2D eigenvalue weighted by molar-refractivity contribution is 0.0854. The van der Waals surface area contributed by atoms with Crippen LogP contribution in [-0.2, 0) is 6.42 Å². The van der Waals surface area contributed by atoms with Crippen molar-refractivity contribution >= 4 is 15.9 Å². The van der Waals surface area contributed by atoms with E-state index in [1.807, 2.05) is 6.07 Å². The van der Waals surface area contributed by atoms with Crippen LogP contribution in [0, 0.1) is 5.92 Å². The van der Waals surface area contributed by atoms with Gasteiger partial charge in [0.2, 0.25) is 5.88 Å². The van der Waals surface area contributed by atoms with Gasteiger partial charge in [-0.15, -0.1) is 0 Å². The van der Waals surface area contributed by atoms with E-state index < -0.39 is 0 Å². The van der Waals surface area contributed by atoms with Gasteiger partial charge in [0.25, 0.3) is 0 Å². The molecule has 0 amide bonds. The van der Waals surface area contributed by atoms with E-state index in [2.05, 4.69) is 39.7 Å². The van der Waals surface area contributed by atoms with Crippen molar-refractivity contribution in [2.24, 2.45) is 5.92 Å². The van der Waals surface area contributed by atoms with Crippen molar-refractivity contribution in [2.75, 3.05) is 0 Å². The van der Waals surface area contributed by atoms with Crippen LogP contribution in [0.2, 0.25) is 0 Å². The summed E-state index contributed by atoms with van der Waals surface area (Å²) in [7, 11) is 0. The Kier molecular flexibility index (Phi) is 4.98. The minimum atomic E-state index is 0.329. The molecular weight excluding hydrogens is 292 g/mol. The molecule has 0 N–H and O–H groups in total.